The van der Waals surface area contributed by atoms with Gasteiger partial charge in [0.25, 0.3) is 0 Å². The van der Waals surface area contributed by atoms with E-state index in [1.807, 2.05) is 19.1 Å². The number of aryl methyl sites for hydroxylation is 1. The average molecular weight is 281 g/mol. The van der Waals surface area contributed by atoms with Gasteiger partial charge in [-0.2, -0.15) is 0 Å². The van der Waals surface area contributed by atoms with E-state index in [0.717, 1.165) is 5.76 Å². The molecule has 112 valence electrons. The zero-order chi connectivity index (χ0) is 15.3. The molecule has 0 aromatic carbocycles. The predicted molar refractivity (Wildman–Crippen MR) is 75.2 cm³/mol. The number of carboxylic acid groups (broad SMARTS) is 1. The van der Waals surface area contributed by atoms with Gasteiger partial charge in [0.05, 0.1) is 12.0 Å². The topological polar surface area (TPSA) is 70.8 Å². The summed E-state index contributed by atoms with van der Waals surface area (Å²) in [4.78, 5) is 25.1. The highest BCUT2D eigenvalue weighted by atomic mass is 16.4. The van der Waals surface area contributed by atoms with Crippen LogP contribution >= 0.6 is 0 Å². The van der Waals surface area contributed by atoms with Gasteiger partial charge in [0.15, 0.2) is 0 Å². The minimum absolute atomic E-state index is 0.0194. The maximum atomic E-state index is 12.2. The second-order valence-corrected chi connectivity index (χ2v) is 5.23. The zero-order valence-electron chi connectivity index (χ0n) is 12.6. The largest absolute Gasteiger partial charge is 0.481 e. The molecule has 1 aromatic heterocycles. The molecule has 1 rings (SSSR count). The Morgan fingerprint density at radius 3 is 2.30 bits per heavy atom. The molecule has 0 atom stereocenters. The first-order valence-electron chi connectivity index (χ1n) is 6.87. The highest BCUT2D eigenvalue weighted by Gasteiger charge is 2.37. The molecule has 0 unspecified atom stereocenters. The van der Waals surface area contributed by atoms with Gasteiger partial charge in [-0.3, -0.25) is 9.59 Å². The molecule has 0 saturated heterocycles. The van der Waals surface area contributed by atoms with Crippen LogP contribution in [0, 0.1) is 12.3 Å². The fourth-order valence-corrected chi connectivity index (χ4v) is 2.19. The standard InChI is InChI=1S/C15H23NO4/c1-5-15(6-2,14(18)19)9-13(17)16(4)10-12-8-7-11(3)20-12/h7-8H,5-6,9-10H2,1-4H3,(H,18,19). The molecule has 0 aliphatic carbocycles. The van der Waals surface area contributed by atoms with Gasteiger partial charge in [0.1, 0.15) is 11.5 Å². The van der Waals surface area contributed by atoms with Crippen molar-refractivity contribution in [3.8, 4) is 0 Å². The zero-order valence-corrected chi connectivity index (χ0v) is 12.6. The summed E-state index contributed by atoms with van der Waals surface area (Å²) >= 11 is 0. The maximum absolute atomic E-state index is 12.2. The minimum atomic E-state index is -0.968. The van der Waals surface area contributed by atoms with Crippen LogP contribution in [-0.4, -0.2) is 28.9 Å². The van der Waals surface area contributed by atoms with E-state index in [1.165, 1.54) is 4.90 Å². The average Bonchev–Trinajstić information content (AvgIpc) is 2.80. The quantitative estimate of drug-likeness (QED) is 0.834. The monoisotopic (exact) mass is 281 g/mol. The van der Waals surface area contributed by atoms with Crippen LogP contribution in [-0.2, 0) is 16.1 Å². The molecule has 1 aromatic rings. The number of nitrogens with zero attached hydrogens (tertiary/aromatic N) is 1. The lowest BCUT2D eigenvalue weighted by Crippen LogP contribution is -2.37. The van der Waals surface area contributed by atoms with Crippen molar-refractivity contribution in [2.45, 2.75) is 46.6 Å². The first-order chi connectivity index (χ1) is 9.34. The van der Waals surface area contributed by atoms with E-state index < -0.39 is 11.4 Å². The molecule has 1 heterocycles. The molecule has 1 N–H and O–H groups in total. The van der Waals surface area contributed by atoms with E-state index in [4.69, 9.17) is 4.42 Å². The SMILES string of the molecule is CCC(CC)(CC(=O)N(C)Cc1ccc(C)o1)C(=O)O. The van der Waals surface area contributed by atoms with Gasteiger partial charge in [0, 0.05) is 13.5 Å². The summed E-state index contributed by atoms with van der Waals surface area (Å²) in [6, 6.07) is 3.66. The second kappa shape index (κ2) is 6.59. The van der Waals surface area contributed by atoms with Crippen LogP contribution in [0.3, 0.4) is 0 Å². The van der Waals surface area contributed by atoms with Crippen molar-refractivity contribution in [3.63, 3.8) is 0 Å². The third kappa shape index (κ3) is 3.62. The molecule has 0 aliphatic heterocycles. The first-order valence-corrected chi connectivity index (χ1v) is 6.87. The van der Waals surface area contributed by atoms with E-state index in [-0.39, 0.29) is 12.3 Å². The molecular weight excluding hydrogens is 258 g/mol. The molecule has 0 saturated carbocycles. The number of hydrogen-bond acceptors (Lipinski definition) is 3. The number of furan rings is 1. The Balaban J connectivity index is 2.71. The molecule has 0 spiro atoms. The molecule has 5 nitrogen and oxygen atoms in total. The van der Waals surface area contributed by atoms with Gasteiger partial charge in [0.2, 0.25) is 5.91 Å². The number of carbonyl (C=O) groups is 2. The third-order valence-corrected chi connectivity index (χ3v) is 3.91. The molecule has 0 radical (unpaired) electrons. The Morgan fingerprint density at radius 1 is 1.30 bits per heavy atom. The van der Waals surface area contributed by atoms with Crippen molar-refractivity contribution < 1.29 is 19.1 Å². The number of rotatable bonds is 7. The number of amides is 1. The van der Waals surface area contributed by atoms with Gasteiger partial charge in [-0.15, -0.1) is 0 Å². The van der Waals surface area contributed by atoms with Crippen LogP contribution in [0.4, 0.5) is 0 Å². The molecule has 0 bridgehead atoms. The van der Waals surface area contributed by atoms with Crippen molar-refractivity contribution >= 4 is 11.9 Å². The summed E-state index contributed by atoms with van der Waals surface area (Å²) in [6.45, 7) is 5.81. The van der Waals surface area contributed by atoms with Gasteiger partial charge < -0.3 is 14.4 Å². The number of carboxylic acids is 1. The Morgan fingerprint density at radius 2 is 1.90 bits per heavy atom. The number of aliphatic carboxylic acids is 1. The molecule has 0 fully saturated rings. The van der Waals surface area contributed by atoms with Crippen molar-refractivity contribution in [2.75, 3.05) is 7.05 Å². The van der Waals surface area contributed by atoms with E-state index in [0.29, 0.717) is 25.1 Å². The highest BCUT2D eigenvalue weighted by Crippen LogP contribution is 2.31. The van der Waals surface area contributed by atoms with Gasteiger partial charge in [-0.05, 0) is 31.9 Å². The van der Waals surface area contributed by atoms with E-state index in [2.05, 4.69) is 0 Å². The number of hydrogen-bond donors (Lipinski definition) is 1. The van der Waals surface area contributed by atoms with Crippen LogP contribution in [0.25, 0.3) is 0 Å². The smallest absolute Gasteiger partial charge is 0.310 e. The van der Waals surface area contributed by atoms with Crippen molar-refractivity contribution in [1.82, 2.24) is 4.90 Å². The normalized spacial score (nSPS) is 11.4. The van der Waals surface area contributed by atoms with Crippen LogP contribution in [0.5, 0.6) is 0 Å². The summed E-state index contributed by atoms with van der Waals surface area (Å²) in [5.41, 5.74) is -0.968. The van der Waals surface area contributed by atoms with Gasteiger partial charge in [-0.1, -0.05) is 13.8 Å². The fraction of sp³-hybridized carbons (Fsp3) is 0.600. The van der Waals surface area contributed by atoms with Crippen LogP contribution in [0.15, 0.2) is 16.5 Å². The Kier molecular flexibility index (Phi) is 5.36. The summed E-state index contributed by atoms with van der Waals surface area (Å²) in [5, 5.41) is 9.36. The summed E-state index contributed by atoms with van der Waals surface area (Å²) < 4.78 is 5.42. The fourth-order valence-electron chi connectivity index (χ4n) is 2.19. The molecule has 20 heavy (non-hydrogen) atoms. The van der Waals surface area contributed by atoms with Gasteiger partial charge >= 0.3 is 5.97 Å². The molecule has 1 amide bonds. The predicted octanol–water partition coefficient (Wildman–Crippen LogP) is 2.83. The summed E-state index contributed by atoms with van der Waals surface area (Å²) in [6.07, 6.45) is 0.905. The molecule has 5 heteroatoms. The lowest BCUT2D eigenvalue weighted by molar-refractivity contribution is -0.154. The maximum Gasteiger partial charge on any atom is 0.310 e. The van der Waals surface area contributed by atoms with E-state index in [9.17, 15) is 14.7 Å². The Hall–Kier alpha value is -1.78. The molecule has 0 aliphatic rings. The highest BCUT2D eigenvalue weighted by molar-refractivity contribution is 5.84. The lowest BCUT2D eigenvalue weighted by Gasteiger charge is -2.28. The lowest BCUT2D eigenvalue weighted by atomic mass is 9.79. The van der Waals surface area contributed by atoms with Crippen molar-refractivity contribution in [1.29, 1.82) is 0 Å². The summed E-state index contributed by atoms with van der Waals surface area (Å²) in [5.74, 6) is 0.415. The minimum Gasteiger partial charge on any atom is -0.481 e. The molecular formula is C15H23NO4. The van der Waals surface area contributed by atoms with Crippen LogP contribution < -0.4 is 0 Å². The van der Waals surface area contributed by atoms with Crippen LogP contribution in [0.1, 0.15) is 44.6 Å². The first kappa shape index (κ1) is 16.3. The summed E-state index contributed by atoms with van der Waals surface area (Å²) in [7, 11) is 1.66. The van der Waals surface area contributed by atoms with Crippen molar-refractivity contribution in [2.24, 2.45) is 5.41 Å². The van der Waals surface area contributed by atoms with E-state index in [1.54, 1.807) is 20.9 Å². The van der Waals surface area contributed by atoms with Gasteiger partial charge in [-0.25, -0.2) is 0 Å². The second-order valence-electron chi connectivity index (χ2n) is 5.23. The van der Waals surface area contributed by atoms with Crippen LogP contribution in [0.2, 0.25) is 0 Å². The Labute approximate surface area is 119 Å². The van der Waals surface area contributed by atoms with Crippen molar-refractivity contribution in [3.05, 3.63) is 23.7 Å². The number of carbonyl (C=O) groups excluding carboxylic acids is 1. The third-order valence-electron chi connectivity index (χ3n) is 3.91. The Bertz CT molecular complexity index is 474. The van der Waals surface area contributed by atoms with E-state index >= 15 is 0 Å².